The lowest BCUT2D eigenvalue weighted by molar-refractivity contribution is -0.0652. The molecule has 128 valence electrons. The number of hydrogen-bond acceptors (Lipinski definition) is 5. The molecular formula is C18H27NO4. The fourth-order valence-electron chi connectivity index (χ4n) is 2.97. The van der Waals surface area contributed by atoms with Gasteiger partial charge in [-0.25, -0.2) is 0 Å². The van der Waals surface area contributed by atoms with E-state index in [0.29, 0.717) is 31.1 Å². The first kappa shape index (κ1) is 17.8. The molecule has 0 radical (unpaired) electrons. The molecule has 5 heteroatoms. The Balaban J connectivity index is 2.11. The van der Waals surface area contributed by atoms with E-state index in [0.717, 1.165) is 18.8 Å². The molecule has 2 atom stereocenters. The summed E-state index contributed by atoms with van der Waals surface area (Å²) >= 11 is 0. The number of rotatable bonds is 7. The lowest BCUT2D eigenvalue weighted by atomic mass is 10.1. The highest BCUT2D eigenvalue weighted by Gasteiger charge is 2.25. The molecule has 0 aliphatic carbocycles. The molecule has 23 heavy (non-hydrogen) atoms. The maximum absolute atomic E-state index is 12.7. The molecule has 1 fully saturated rings. The molecule has 1 aromatic rings. The summed E-state index contributed by atoms with van der Waals surface area (Å²) in [6, 6.07) is 5.42. The Hall–Kier alpha value is -1.59. The normalized spacial score (nSPS) is 21.9. The number of nitrogens with zero attached hydrogens (tertiary/aromatic N) is 1. The molecule has 2 unspecified atom stereocenters. The van der Waals surface area contributed by atoms with Crippen molar-refractivity contribution in [1.29, 1.82) is 0 Å². The molecule has 2 rings (SSSR count). The Morgan fingerprint density at radius 1 is 1.17 bits per heavy atom. The van der Waals surface area contributed by atoms with Crippen LogP contribution in [0, 0.1) is 0 Å². The first-order valence-electron chi connectivity index (χ1n) is 8.34. The summed E-state index contributed by atoms with van der Waals surface area (Å²) in [4.78, 5) is 14.8. The van der Waals surface area contributed by atoms with Crippen LogP contribution in [0.5, 0.6) is 11.5 Å². The average molecular weight is 321 g/mol. The Morgan fingerprint density at radius 2 is 1.83 bits per heavy atom. The zero-order valence-corrected chi connectivity index (χ0v) is 14.5. The summed E-state index contributed by atoms with van der Waals surface area (Å²) in [5, 5.41) is 0. The average Bonchev–Trinajstić information content (AvgIpc) is 2.47. The monoisotopic (exact) mass is 321 g/mol. The van der Waals surface area contributed by atoms with Crippen molar-refractivity contribution in [3.8, 4) is 11.5 Å². The second-order valence-corrected chi connectivity index (χ2v) is 5.90. The molecule has 0 bridgehead atoms. The van der Waals surface area contributed by atoms with Gasteiger partial charge in [0.25, 0.3) is 0 Å². The minimum Gasteiger partial charge on any atom is -0.494 e. The SMILES string of the molecule is CCOc1ccc(C(=O)CN2CC(C)OC(C)C2)c(OCC)c1. The van der Waals surface area contributed by atoms with E-state index < -0.39 is 0 Å². The number of ketones is 1. The van der Waals surface area contributed by atoms with E-state index in [1.165, 1.54) is 0 Å². The summed E-state index contributed by atoms with van der Waals surface area (Å²) < 4.78 is 16.8. The predicted molar refractivity (Wildman–Crippen MR) is 89.6 cm³/mol. The fourth-order valence-corrected chi connectivity index (χ4v) is 2.97. The highest BCUT2D eigenvalue weighted by atomic mass is 16.5. The fraction of sp³-hybridized carbons (Fsp3) is 0.611. The zero-order valence-electron chi connectivity index (χ0n) is 14.5. The summed E-state index contributed by atoms with van der Waals surface area (Å²) in [6.45, 7) is 10.9. The standard InChI is InChI=1S/C18H27NO4/c1-5-21-15-7-8-16(18(9-15)22-6-2)17(20)12-19-10-13(3)23-14(4)11-19/h7-9,13-14H,5-6,10-12H2,1-4H3. The van der Waals surface area contributed by atoms with Crippen LogP contribution in [0.15, 0.2) is 18.2 Å². The molecular weight excluding hydrogens is 294 g/mol. The first-order chi connectivity index (χ1) is 11.0. The van der Waals surface area contributed by atoms with Crippen molar-refractivity contribution in [2.45, 2.75) is 39.9 Å². The van der Waals surface area contributed by atoms with Gasteiger partial charge in [-0.2, -0.15) is 0 Å². The van der Waals surface area contributed by atoms with Crippen molar-refractivity contribution in [3.05, 3.63) is 23.8 Å². The number of hydrogen-bond donors (Lipinski definition) is 0. The van der Waals surface area contributed by atoms with Crippen molar-refractivity contribution in [1.82, 2.24) is 4.90 Å². The molecule has 0 amide bonds. The summed E-state index contributed by atoms with van der Waals surface area (Å²) in [6.07, 6.45) is 0.302. The van der Waals surface area contributed by atoms with Gasteiger partial charge in [0.2, 0.25) is 0 Å². The second kappa shape index (κ2) is 8.31. The molecule has 1 aromatic carbocycles. The molecule has 1 saturated heterocycles. The summed E-state index contributed by atoms with van der Waals surface area (Å²) in [5.74, 6) is 1.39. The van der Waals surface area contributed by atoms with Crippen LogP contribution >= 0.6 is 0 Å². The number of carbonyl (C=O) groups excluding carboxylic acids is 1. The van der Waals surface area contributed by atoms with Gasteiger partial charge >= 0.3 is 0 Å². The van der Waals surface area contributed by atoms with E-state index in [1.807, 2.05) is 33.8 Å². The molecule has 0 aromatic heterocycles. The van der Waals surface area contributed by atoms with Crippen LogP contribution in [0.3, 0.4) is 0 Å². The van der Waals surface area contributed by atoms with Gasteiger partial charge in [0.15, 0.2) is 5.78 Å². The number of morpholine rings is 1. The number of Topliss-reactive ketones (excluding diaryl/α,β-unsaturated/α-hetero) is 1. The lowest BCUT2D eigenvalue weighted by Gasteiger charge is -2.34. The van der Waals surface area contributed by atoms with Gasteiger partial charge in [0, 0.05) is 19.2 Å². The molecule has 5 nitrogen and oxygen atoms in total. The number of benzene rings is 1. The summed E-state index contributed by atoms with van der Waals surface area (Å²) in [7, 11) is 0. The Kier molecular flexibility index (Phi) is 6.42. The van der Waals surface area contributed by atoms with Crippen LogP contribution in [0.2, 0.25) is 0 Å². The quantitative estimate of drug-likeness (QED) is 0.723. The van der Waals surface area contributed by atoms with E-state index in [9.17, 15) is 4.79 Å². The third kappa shape index (κ3) is 4.94. The third-order valence-electron chi connectivity index (χ3n) is 3.73. The van der Waals surface area contributed by atoms with E-state index in [2.05, 4.69) is 4.90 Å². The Labute approximate surface area is 138 Å². The minimum atomic E-state index is 0.0674. The predicted octanol–water partition coefficient (Wildman–Crippen LogP) is 2.78. The van der Waals surface area contributed by atoms with E-state index in [1.54, 1.807) is 12.1 Å². The van der Waals surface area contributed by atoms with Crippen LogP contribution < -0.4 is 9.47 Å². The maximum atomic E-state index is 12.7. The van der Waals surface area contributed by atoms with Crippen LogP contribution in [0.4, 0.5) is 0 Å². The summed E-state index contributed by atoms with van der Waals surface area (Å²) in [5.41, 5.74) is 0.613. The topological polar surface area (TPSA) is 48.0 Å². The lowest BCUT2D eigenvalue weighted by Crippen LogP contribution is -2.47. The van der Waals surface area contributed by atoms with Crippen LogP contribution in [0.25, 0.3) is 0 Å². The minimum absolute atomic E-state index is 0.0674. The van der Waals surface area contributed by atoms with Crippen molar-refractivity contribution in [2.24, 2.45) is 0 Å². The van der Waals surface area contributed by atoms with E-state index in [4.69, 9.17) is 14.2 Å². The van der Waals surface area contributed by atoms with Crippen LogP contribution in [-0.4, -0.2) is 55.7 Å². The number of carbonyl (C=O) groups is 1. The second-order valence-electron chi connectivity index (χ2n) is 5.90. The van der Waals surface area contributed by atoms with E-state index in [-0.39, 0.29) is 18.0 Å². The molecule has 1 aliphatic rings. The highest BCUT2D eigenvalue weighted by molar-refractivity contribution is 6.00. The largest absolute Gasteiger partial charge is 0.494 e. The van der Waals surface area contributed by atoms with Gasteiger partial charge in [0.05, 0.1) is 37.5 Å². The van der Waals surface area contributed by atoms with Gasteiger partial charge in [-0.3, -0.25) is 9.69 Å². The molecule has 1 aliphatic heterocycles. The van der Waals surface area contributed by atoms with Gasteiger partial charge in [-0.05, 0) is 39.8 Å². The van der Waals surface area contributed by atoms with Crippen LogP contribution in [-0.2, 0) is 4.74 Å². The molecule has 0 spiro atoms. The van der Waals surface area contributed by atoms with Gasteiger partial charge in [0.1, 0.15) is 11.5 Å². The third-order valence-corrected chi connectivity index (χ3v) is 3.73. The molecule has 1 heterocycles. The van der Waals surface area contributed by atoms with Crippen molar-refractivity contribution >= 4 is 5.78 Å². The Bertz CT molecular complexity index is 522. The molecule has 0 N–H and O–H groups in total. The van der Waals surface area contributed by atoms with Crippen LogP contribution in [0.1, 0.15) is 38.1 Å². The first-order valence-corrected chi connectivity index (χ1v) is 8.34. The van der Waals surface area contributed by atoms with Gasteiger partial charge in [-0.1, -0.05) is 0 Å². The smallest absolute Gasteiger partial charge is 0.180 e. The van der Waals surface area contributed by atoms with Crippen molar-refractivity contribution < 1.29 is 19.0 Å². The molecule has 0 saturated carbocycles. The van der Waals surface area contributed by atoms with Gasteiger partial charge < -0.3 is 14.2 Å². The highest BCUT2D eigenvalue weighted by Crippen LogP contribution is 2.26. The Morgan fingerprint density at radius 3 is 2.43 bits per heavy atom. The van der Waals surface area contributed by atoms with Crippen molar-refractivity contribution in [3.63, 3.8) is 0 Å². The van der Waals surface area contributed by atoms with E-state index >= 15 is 0 Å². The van der Waals surface area contributed by atoms with Crippen molar-refractivity contribution in [2.75, 3.05) is 32.8 Å². The maximum Gasteiger partial charge on any atom is 0.180 e. The van der Waals surface area contributed by atoms with Gasteiger partial charge in [-0.15, -0.1) is 0 Å². The zero-order chi connectivity index (χ0) is 16.8. The number of ether oxygens (including phenoxy) is 3.